The van der Waals surface area contributed by atoms with Crippen molar-refractivity contribution in [2.24, 2.45) is 5.92 Å². The maximum absolute atomic E-state index is 12.7. The van der Waals surface area contributed by atoms with E-state index in [1.54, 1.807) is 0 Å². The Bertz CT molecular complexity index is 520. The van der Waals surface area contributed by atoms with E-state index in [0.29, 0.717) is 24.5 Å². The summed E-state index contributed by atoms with van der Waals surface area (Å²) in [4.78, 5) is 31.7. The molecule has 1 saturated carbocycles. The minimum Gasteiger partial charge on any atom is -0.340 e. The second kappa shape index (κ2) is 7.14. The molecule has 4 fully saturated rings. The lowest BCUT2D eigenvalue weighted by Crippen LogP contribution is -2.49. The van der Waals surface area contributed by atoms with Gasteiger partial charge in [0.05, 0.1) is 0 Å². The van der Waals surface area contributed by atoms with Crippen molar-refractivity contribution in [3.05, 3.63) is 0 Å². The van der Waals surface area contributed by atoms with Crippen molar-refractivity contribution in [2.45, 2.75) is 69.5 Å². The van der Waals surface area contributed by atoms with Crippen molar-refractivity contribution >= 4 is 11.9 Å². The van der Waals surface area contributed by atoms with Gasteiger partial charge in [0, 0.05) is 50.2 Å². The largest absolute Gasteiger partial charge is 0.340 e. The quantitative estimate of drug-likeness (QED) is 0.826. The molecule has 4 aliphatic rings. The van der Waals surface area contributed by atoms with Crippen molar-refractivity contribution in [1.29, 1.82) is 0 Å². The number of hydrogen-bond acceptors (Lipinski definition) is 3. The second-order valence-electron chi connectivity index (χ2n) is 8.49. The molecule has 3 unspecified atom stereocenters. The normalized spacial score (nSPS) is 33.7. The Morgan fingerprint density at radius 2 is 1.56 bits per heavy atom. The molecule has 3 aliphatic heterocycles. The van der Waals surface area contributed by atoms with Crippen molar-refractivity contribution in [2.75, 3.05) is 33.2 Å². The average molecular weight is 348 g/mol. The number of amides is 3. The average Bonchev–Trinajstić information content (AvgIpc) is 3.29. The fourth-order valence-corrected chi connectivity index (χ4v) is 5.27. The maximum Gasteiger partial charge on any atom is 0.317 e. The van der Waals surface area contributed by atoms with E-state index >= 15 is 0 Å². The summed E-state index contributed by atoms with van der Waals surface area (Å²) < 4.78 is 0. The van der Waals surface area contributed by atoms with Crippen LogP contribution in [0.3, 0.4) is 0 Å². The first kappa shape index (κ1) is 17.1. The van der Waals surface area contributed by atoms with Crippen LogP contribution in [0.4, 0.5) is 4.79 Å². The fourth-order valence-electron chi connectivity index (χ4n) is 5.27. The van der Waals surface area contributed by atoms with Gasteiger partial charge in [-0.25, -0.2) is 4.79 Å². The minimum absolute atomic E-state index is 0.0705. The molecule has 2 bridgehead atoms. The lowest BCUT2D eigenvalue weighted by Gasteiger charge is -2.27. The van der Waals surface area contributed by atoms with Gasteiger partial charge in [0.1, 0.15) is 0 Å². The Morgan fingerprint density at radius 3 is 2.36 bits per heavy atom. The topological polar surface area (TPSA) is 55.9 Å². The van der Waals surface area contributed by atoms with Gasteiger partial charge in [0.2, 0.25) is 5.91 Å². The molecule has 1 aliphatic carbocycles. The first-order valence-corrected chi connectivity index (χ1v) is 10.2. The minimum atomic E-state index is 0.0705. The Hall–Kier alpha value is -1.30. The van der Waals surface area contributed by atoms with E-state index in [9.17, 15) is 9.59 Å². The summed E-state index contributed by atoms with van der Waals surface area (Å²) in [5.74, 6) is 0.564. The van der Waals surface area contributed by atoms with Crippen LogP contribution in [0.2, 0.25) is 0 Å². The highest BCUT2D eigenvalue weighted by Crippen LogP contribution is 2.29. The van der Waals surface area contributed by atoms with E-state index < -0.39 is 0 Å². The Morgan fingerprint density at radius 1 is 0.840 bits per heavy atom. The molecule has 4 rings (SSSR count). The molecule has 6 nitrogen and oxygen atoms in total. The van der Waals surface area contributed by atoms with Crippen LogP contribution < -0.4 is 5.32 Å². The Balaban J connectivity index is 1.28. The zero-order valence-electron chi connectivity index (χ0n) is 15.5. The second-order valence-corrected chi connectivity index (χ2v) is 8.49. The summed E-state index contributed by atoms with van der Waals surface area (Å²) >= 11 is 0. The number of nitrogens with zero attached hydrogens (tertiary/aromatic N) is 3. The van der Waals surface area contributed by atoms with E-state index in [2.05, 4.69) is 17.3 Å². The van der Waals surface area contributed by atoms with Crippen molar-refractivity contribution in [3.8, 4) is 0 Å². The van der Waals surface area contributed by atoms with Crippen LogP contribution in [0, 0.1) is 5.92 Å². The molecule has 3 saturated heterocycles. The number of nitrogens with one attached hydrogen (secondary N) is 1. The van der Waals surface area contributed by atoms with E-state index in [1.165, 1.54) is 25.7 Å². The van der Waals surface area contributed by atoms with Gasteiger partial charge in [0.15, 0.2) is 0 Å². The fraction of sp³-hybridized carbons (Fsp3) is 0.895. The summed E-state index contributed by atoms with van der Waals surface area (Å²) in [6, 6.07) is 1.35. The van der Waals surface area contributed by atoms with Gasteiger partial charge >= 0.3 is 6.03 Å². The van der Waals surface area contributed by atoms with Crippen LogP contribution in [0.1, 0.15) is 51.4 Å². The molecular formula is C19H32N4O2. The van der Waals surface area contributed by atoms with Crippen LogP contribution in [-0.4, -0.2) is 78.0 Å². The predicted octanol–water partition coefficient (Wildman–Crippen LogP) is 1.66. The molecule has 3 atom stereocenters. The number of likely N-dealkylation sites (tertiary alicyclic amines) is 2. The van der Waals surface area contributed by atoms with Gasteiger partial charge in [-0.2, -0.15) is 0 Å². The van der Waals surface area contributed by atoms with E-state index in [4.69, 9.17) is 0 Å². The lowest BCUT2D eigenvalue weighted by atomic mass is 10.1. The van der Waals surface area contributed by atoms with Crippen LogP contribution >= 0.6 is 0 Å². The first-order valence-electron chi connectivity index (χ1n) is 10.2. The summed E-state index contributed by atoms with van der Waals surface area (Å²) in [6.07, 6.45) is 8.94. The van der Waals surface area contributed by atoms with Gasteiger partial charge in [-0.15, -0.1) is 0 Å². The summed E-state index contributed by atoms with van der Waals surface area (Å²) in [5.41, 5.74) is 0. The molecule has 3 amide bonds. The zero-order chi connectivity index (χ0) is 17.4. The number of carbonyl (C=O) groups excluding carboxylic acids is 2. The van der Waals surface area contributed by atoms with Crippen molar-refractivity contribution in [1.82, 2.24) is 20.0 Å². The molecule has 3 heterocycles. The molecule has 6 heteroatoms. The van der Waals surface area contributed by atoms with Gasteiger partial charge in [0.25, 0.3) is 0 Å². The Kier molecular flexibility index (Phi) is 4.89. The lowest BCUT2D eigenvalue weighted by molar-refractivity contribution is -0.134. The standard InChI is InChI=1S/C19H32N4O2/c1-21-16-6-7-17(21)13-23(11-9-16)19(25)20-15-8-10-22(12-15)18(24)14-4-2-3-5-14/h14-17H,2-13H2,1H3,(H,20,25). The summed E-state index contributed by atoms with van der Waals surface area (Å²) in [6.45, 7) is 3.19. The highest BCUT2D eigenvalue weighted by molar-refractivity contribution is 5.80. The molecule has 0 aromatic rings. The summed E-state index contributed by atoms with van der Waals surface area (Å²) in [7, 11) is 2.20. The van der Waals surface area contributed by atoms with Gasteiger partial charge < -0.3 is 15.1 Å². The molecule has 140 valence electrons. The number of rotatable bonds is 2. The van der Waals surface area contributed by atoms with Crippen LogP contribution in [0.25, 0.3) is 0 Å². The van der Waals surface area contributed by atoms with E-state index in [0.717, 1.165) is 45.3 Å². The van der Waals surface area contributed by atoms with Gasteiger partial charge in [-0.05, 0) is 45.6 Å². The van der Waals surface area contributed by atoms with Gasteiger partial charge in [-0.3, -0.25) is 9.69 Å². The number of carbonyl (C=O) groups is 2. The van der Waals surface area contributed by atoms with Crippen molar-refractivity contribution < 1.29 is 9.59 Å². The van der Waals surface area contributed by atoms with Gasteiger partial charge in [-0.1, -0.05) is 12.8 Å². The summed E-state index contributed by atoms with van der Waals surface area (Å²) in [5, 5.41) is 3.20. The monoisotopic (exact) mass is 348 g/mol. The SMILES string of the molecule is CN1C2CCC1CN(C(=O)NC1CCN(C(=O)C3CCCC3)C1)CC2. The Labute approximate surface area is 150 Å². The van der Waals surface area contributed by atoms with E-state index in [-0.39, 0.29) is 18.0 Å². The smallest absolute Gasteiger partial charge is 0.317 e. The molecular weight excluding hydrogens is 316 g/mol. The first-order chi connectivity index (χ1) is 12.1. The highest BCUT2D eigenvalue weighted by atomic mass is 16.2. The number of likely N-dealkylation sites (N-methyl/N-ethyl adjacent to an activating group) is 1. The molecule has 0 aromatic heterocycles. The molecule has 0 radical (unpaired) electrons. The van der Waals surface area contributed by atoms with Crippen LogP contribution in [0.5, 0.6) is 0 Å². The molecule has 0 spiro atoms. The molecule has 25 heavy (non-hydrogen) atoms. The van der Waals surface area contributed by atoms with Crippen LogP contribution in [-0.2, 0) is 4.79 Å². The third-order valence-corrected chi connectivity index (χ3v) is 6.97. The van der Waals surface area contributed by atoms with Crippen molar-refractivity contribution in [3.63, 3.8) is 0 Å². The zero-order valence-corrected chi connectivity index (χ0v) is 15.5. The highest BCUT2D eigenvalue weighted by Gasteiger charge is 2.37. The molecule has 1 N–H and O–H groups in total. The maximum atomic E-state index is 12.7. The number of fused-ring (bicyclic) bond motifs is 2. The molecule has 0 aromatic carbocycles. The van der Waals surface area contributed by atoms with Crippen LogP contribution in [0.15, 0.2) is 0 Å². The van der Waals surface area contributed by atoms with E-state index in [1.807, 2.05) is 9.80 Å². The third kappa shape index (κ3) is 3.50. The number of urea groups is 1. The number of hydrogen-bond donors (Lipinski definition) is 1. The predicted molar refractivity (Wildman–Crippen MR) is 96.2 cm³/mol. The third-order valence-electron chi connectivity index (χ3n) is 6.97.